The Hall–Kier alpha value is -0.403. The number of rotatable bonds is 12. The average molecular weight is 304 g/mol. The fourth-order valence-electron chi connectivity index (χ4n) is 1.93. The van der Waals surface area contributed by atoms with Gasteiger partial charge >= 0.3 is 8.80 Å². The predicted molar refractivity (Wildman–Crippen MR) is 79.5 cm³/mol. The Bertz CT molecular complexity index is 274. The minimum Gasteiger partial charge on any atom is -0.495 e. The fourth-order valence-corrected chi connectivity index (χ4v) is 4.47. The van der Waals surface area contributed by atoms with Gasteiger partial charge in [0, 0.05) is 19.8 Å². The number of hydrogen-bond donors (Lipinski definition) is 0. The van der Waals surface area contributed by atoms with Gasteiger partial charge in [-0.15, -0.1) is 0 Å². The summed E-state index contributed by atoms with van der Waals surface area (Å²) in [5, 5.41) is 0. The molecular weight excluding hydrogens is 276 g/mol. The topological polar surface area (TPSA) is 49.5 Å². The number of allylic oxidation sites excluding steroid dienone is 2. The molecule has 0 saturated carbocycles. The molecule has 118 valence electrons. The molecule has 1 aliphatic rings. The molecule has 20 heavy (non-hydrogen) atoms. The summed E-state index contributed by atoms with van der Waals surface area (Å²) in [5.74, 6) is 0.894. The van der Waals surface area contributed by atoms with Crippen molar-refractivity contribution in [2.75, 3.05) is 33.0 Å². The largest absolute Gasteiger partial charge is 0.508 e. The highest BCUT2D eigenvalue weighted by Crippen LogP contribution is 2.24. The molecule has 1 heterocycles. The Morgan fingerprint density at radius 3 is 2.05 bits per heavy atom. The van der Waals surface area contributed by atoms with Gasteiger partial charge in [-0.2, -0.15) is 0 Å². The average Bonchev–Trinajstić information content (AvgIpc) is 3.21. The van der Waals surface area contributed by atoms with Crippen molar-refractivity contribution in [1.29, 1.82) is 0 Å². The molecule has 1 atom stereocenters. The Kier molecular flexibility index (Phi) is 8.40. The Morgan fingerprint density at radius 2 is 1.65 bits per heavy atom. The maximum absolute atomic E-state index is 5.85. The van der Waals surface area contributed by atoms with E-state index in [9.17, 15) is 0 Å². The quantitative estimate of drug-likeness (QED) is 0.315. The third-order valence-electron chi connectivity index (χ3n) is 2.77. The normalized spacial score (nSPS) is 19.2. The van der Waals surface area contributed by atoms with Crippen LogP contribution in [0, 0.1) is 0 Å². The molecule has 1 aliphatic heterocycles. The van der Waals surface area contributed by atoms with Crippen LogP contribution in [-0.4, -0.2) is 47.9 Å². The summed E-state index contributed by atoms with van der Waals surface area (Å²) in [7, 11) is -2.68. The molecule has 0 spiro atoms. The van der Waals surface area contributed by atoms with Crippen LogP contribution in [-0.2, 0) is 22.8 Å². The molecule has 0 aromatic rings. The van der Waals surface area contributed by atoms with Gasteiger partial charge in [-0.3, -0.25) is 0 Å². The summed E-state index contributed by atoms with van der Waals surface area (Å²) in [6.45, 7) is 11.1. The zero-order valence-corrected chi connectivity index (χ0v) is 14.1. The van der Waals surface area contributed by atoms with Gasteiger partial charge in [0.2, 0.25) is 0 Å². The molecule has 0 radical (unpaired) electrons. The summed E-state index contributed by atoms with van der Waals surface area (Å²) >= 11 is 0. The maximum atomic E-state index is 5.85. The third-order valence-corrected chi connectivity index (χ3v) is 5.74. The second-order valence-electron chi connectivity index (χ2n) is 4.50. The molecule has 0 bridgehead atoms. The van der Waals surface area contributed by atoms with E-state index in [0.29, 0.717) is 32.5 Å². The van der Waals surface area contributed by atoms with Gasteiger partial charge in [0.25, 0.3) is 0 Å². The van der Waals surface area contributed by atoms with Crippen molar-refractivity contribution in [1.82, 2.24) is 0 Å². The van der Waals surface area contributed by atoms with E-state index in [-0.39, 0.29) is 6.10 Å². The first kappa shape index (κ1) is 17.6. The van der Waals surface area contributed by atoms with E-state index in [0.717, 1.165) is 18.8 Å². The van der Waals surface area contributed by atoms with Crippen molar-refractivity contribution in [3.8, 4) is 0 Å². The lowest BCUT2D eigenvalue weighted by Gasteiger charge is -2.29. The van der Waals surface area contributed by atoms with Crippen LogP contribution < -0.4 is 0 Å². The molecule has 0 amide bonds. The summed E-state index contributed by atoms with van der Waals surface area (Å²) in [5.41, 5.74) is 0. The number of hydrogen-bond acceptors (Lipinski definition) is 5. The van der Waals surface area contributed by atoms with Gasteiger partial charge in [-0.25, -0.2) is 0 Å². The first-order chi connectivity index (χ1) is 9.69. The van der Waals surface area contributed by atoms with Crippen LogP contribution >= 0.6 is 0 Å². The highest BCUT2D eigenvalue weighted by Gasteiger charge is 2.42. The fraction of sp³-hybridized carbons (Fsp3) is 0.857. The van der Waals surface area contributed by atoms with Gasteiger partial charge in [0.1, 0.15) is 12.7 Å². The lowest BCUT2D eigenvalue weighted by Crippen LogP contribution is -2.46. The lowest BCUT2D eigenvalue weighted by molar-refractivity contribution is 0.0672. The van der Waals surface area contributed by atoms with Crippen molar-refractivity contribution < 1.29 is 22.8 Å². The summed E-state index contributed by atoms with van der Waals surface area (Å²) in [6.07, 6.45) is 3.23. The van der Waals surface area contributed by atoms with Crippen molar-refractivity contribution >= 4 is 8.80 Å². The van der Waals surface area contributed by atoms with Gasteiger partial charge < -0.3 is 22.8 Å². The summed E-state index contributed by atoms with van der Waals surface area (Å²) < 4.78 is 28.6. The lowest BCUT2D eigenvalue weighted by atomic mass is 10.4. The minimum atomic E-state index is -2.68. The molecule has 1 fully saturated rings. The van der Waals surface area contributed by atoms with Crippen LogP contribution in [0.15, 0.2) is 11.8 Å². The van der Waals surface area contributed by atoms with Crippen molar-refractivity contribution in [2.45, 2.75) is 46.3 Å². The smallest absolute Gasteiger partial charge is 0.495 e. The van der Waals surface area contributed by atoms with E-state index >= 15 is 0 Å². The molecule has 0 aromatic heterocycles. The van der Waals surface area contributed by atoms with Crippen LogP contribution in [0.2, 0.25) is 6.04 Å². The van der Waals surface area contributed by atoms with Crippen molar-refractivity contribution in [3.05, 3.63) is 11.8 Å². The van der Waals surface area contributed by atoms with Crippen LogP contribution in [0.1, 0.15) is 34.1 Å². The van der Waals surface area contributed by atoms with Crippen molar-refractivity contribution in [3.63, 3.8) is 0 Å². The van der Waals surface area contributed by atoms with Gasteiger partial charge in [0.15, 0.2) is 0 Å². The molecule has 0 N–H and O–H groups in total. The third kappa shape index (κ3) is 6.36. The van der Waals surface area contributed by atoms with E-state index in [2.05, 4.69) is 13.0 Å². The van der Waals surface area contributed by atoms with Gasteiger partial charge in [-0.1, -0.05) is 6.92 Å². The van der Waals surface area contributed by atoms with Crippen LogP contribution in [0.4, 0.5) is 0 Å². The first-order valence-electron chi connectivity index (χ1n) is 7.54. The molecule has 1 unspecified atom stereocenters. The second-order valence-corrected chi connectivity index (χ2v) is 7.09. The van der Waals surface area contributed by atoms with E-state index in [1.165, 1.54) is 0 Å². The van der Waals surface area contributed by atoms with Crippen molar-refractivity contribution in [2.24, 2.45) is 0 Å². The Morgan fingerprint density at radius 1 is 1.10 bits per heavy atom. The monoisotopic (exact) mass is 304 g/mol. The highest BCUT2D eigenvalue weighted by molar-refractivity contribution is 6.61. The van der Waals surface area contributed by atoms with Crippen LogP contribution in [0.3, 0.4) is 0 Å². The van der Waals surface area contributed by atoms with Crippen LogP contribution in [0.5, 0.6) is 0 Å². The zero-order valence-electron chi connectivity index (χ0n) is 13.1. The predicted octanol–water partition coefficient (Wildman–Crippen LogP) is 2.74. The molecular formula is C14H28O5Si. The van der Waals surface area contributed by atoms with Gasteiger partial charge in [0.05, 0.1) is 18.4 Å². The van der Waals surface area contributed by atoms with E-state index in [1.54, 1.807) is 0 Å². The molecule has 0 aromatic carbocycles. The molecule has 0 aliphatic carbocycles. The molecule has 1 rings (SSSR count). The van der Waals surface area contributed by atoms with E-state index in [1.807, 2.05) is 20.8 Å². The summed E-state index contributed by atoms with van der Waals surface area (Å²) in [4.78, 5) is 0. The Labute approximate surface area is 123 Å². The second kappa shape index (κ2) is 9.52. The molecule has 5 nitrogen and oxygen atoms in total. The van der Waals surface area contributed by atoms with E-state index in [4.69, 9.17) is 22.8 Å². The summed E-state index contributed by atoms with van der Waals surface area (Å²) in [6, 6.07) is 0.586. The molecule has 6 heteroatoms. The highest BCUT2D eigenvalue weighted by atomic mass is 28.4. The minimum absolute atomic E-state index is 0.248. The van der Waals surface area contributed by atoms with Crippen LogP contribution in [0.25, 0.3) is 0 Å². The Balaban J connectivity index is 2.66. The maximum Gasteiger partial charge on any atom is 0.508 e. The number of ether oxygens (including phenoxy) is 2. The zero-order chi connectivity index (χ0) is 14.8. The molecule has 1 saturated heterocycles. The van der Waals surface area contributed by atoms with Gasteiger partial charge in [-0.05, 0) is 33.3 Å². The number of epoxide rings is 1. The standard InChI is InChI=1S/C14H28O5Si/c1-5-9-13(15-10-14-11-16-14)12-20(17-6-2,18-7-3)19-8-4/h9,14H,5-8,10-12H2,1-4H3/b13-9+. The van der Waals surface area contributed by atoms with E-state index < -0.39 is 8.80 Å². The SMILES string of the molecule is CC/C=C(\C[Si](OCC)(OCC)OCC)OCC1CO1. The first-order valence-corrected chi connectivity index (χ1v) is 9.48.